The molecule has 0 saturated carbocycles. The summed E-state index contributed by atoms with van der Waals surface area (Å²) in [5.74, 6) is -2.49. The van der Waals surface area contributed by atoms with Crippen LogP contribution in [-0.2, 0) is 19.1 Å². The number of carbonyl (C=O) groups excluding carboxylic acids is 3. The Hall–Kier alpha value is -3.25. The zero-order chi connectivity index (χ0) is 28.1. The van der Waals surface area contributed by atoms with Crippen molar-refractivity contribution in [3.63, 3.8) is 0 Å². The van der Waals surface area contributed by atoms with Crippen molar-refractivity contribution >= 4 is 35.8 Å². The quantitative estimate of drug-likeness (QED) is 0.294. The van der Waals surface area contributed by atoms with Crippen molar-refractivity contribution in [2.24, 2.45) is 11.8 Å². The predicted octanol–water partition coefficient (Wildman–Crippen LogP) is 2.45. The third-order valence-electron chi connectivity index (χ3n) is 6.84. The number of aliphatic hydroxyl groups is 1. The molecule has 38 heavy (non-hydrogen) atoms. The van der Waals surface area contributed by atoms with Crippen LogP contribution in [0.5, 0.6) is 0 Å². The van der Waals surface area contributed by atoms with Gasteiger partial charge in [0.2, 0.25) is 5.91 Å². The van der Waals surface area contributed by atoms with Gasteiger partial charge in [-0.25, -0.2) is 14.4 Å². The fourth-order valence-electron chi connectivity index (χ4n) is 5.07. The van der Waals surface area contributed by atoms with Gasteiger partial charge in [-0.05, 0) is 13.3 Å². The van der Waals surface area contributed by atoms with Crippen LogP contribution in [0, 0.1) is 11.8 Å². The molecule has 208 valence electrons. The monoisotopic (exact) mass is 549 g/mol. The summed E-state index contributed by atoms with van der Waals surface area (Å²) in [7, 11) is 1.59. The molecule has 12 heteroatoms. The van der Waals surface area contributed by atoms with Gasteiger partial charge >= 0.3 is 18.2 Å². The van der Waals surface area contributed by atoms with Crippen molar-refractivity contribution in [1.82, 2.24) is 14.7 Å². The summed E-state index contributed by atoms with van der Waals surface area (Å²) in [6.07, 6.45) is 5.13. The number of carboxylic acid groups (broad SMARTS) is 1. The molecule has 3 rings (SSSR count). The first kappa shape index (κ1) is 29.3. The minimum absolute atomic E-state index is 0.0474. The average Bonchev–Trinajstić information content (AvgIpc) is 3.37. The fraction of sp³-hybridized carbons (Fsp3) is 0.538. The lowest BCUT2D eigenvalue weighted by Crippen LogP contribution is -2.63. The van der Waals surface area contributed by atoms with E-state index in [4.69, 9.17) is 9.47 Å². The Kier molecular flexibility index (Phi) is 9.66. The van der Waals surface area contributed by atoms with Crippen molar-refractivity contribution in [3.8, 4) is 0 Å². The van der Waals surface area contributed by atoms with E-state index in [1.165, 1.54) is 40.6 Å². The number of amides is 3. The molecule has 3 aliphatic rings. The Morgan fingerprint density at radius 2 is 1.89 bits per heavy atom. The summed E-state index contributed by atoms with van der Waals surface area (Å²) < 4.78 is 10.3. The van der Waals surface area contributed by atoms with Gasteiger partial charge in [-0.1, -0.05) is 44.4 Å². The van der Waals surface area contributed by atoms with Gasteiger partial charge in [0.25, 0.3) is 0 Å². The van der Waals surface area contributed by atoms with E-state index in [-0.39, 0.29) is 48.6 Å². The molecule has 11 nitrogen and oxygen atoms in total. The highest BCUT2D eigenvalue weighted by molar-refractivity contribution is 8.03. The van der Waals surface area contributed by atoms with E-state index in [2.05, 4.69) is 13.2 Å². The molecule has 0 aliphatic carbocycles. The number of fused-ring (bicyclic) bond motifs is 1. The minimum atomic E-state index is -1.19. The number of aliphatic hydroxyl groups excluding tert-OH is 1. The maximum absolute atomic E-state index is 12.8. The molecule has 2 N–H and O–H groups in total. The van der Waals surface area contributed by atoms with Gasteiger partial charge in [0.05, 0.1) is 24.1 Å². The standard InChI is InChI=1S/C26H35N3O8S/c1-6-11-36-25(34)27(5)10-8-9-17-13-18(14-28(17)26(35)37-12-7-2)38-22-15(3)20-19(16(4)30)23(31)29(20)21(22)24(32)33/h6-9,15-20,30H,1-2,10-14H2,3-5H3,(H,32,33)/b9-8-/t15-,16-,17-,18+,19-,20-/m1/s1. The van der Waals surface area contributed by atoms with E-state index in [0.29, 0.717) is 17.9 Å². The van der Waals surface area contributed by atoms with E-state index in [9.17, 15) is 29.4 Å². The van der Waals surface area contributed by atoms with Crippen LogP contribution in [0.15, 0.2) is 48.1 Å². The zero-order valence-electron chi connectivity index (χ0n) is 21.8. The number of thioether (sulfide) groups is 1. The molecule has 6 atom stereocenters. The SMILES string of the molecule is C=CCOC(=O)N(C)C/C=C\[C@@H]1C[C@H](SC2=C(C(=O)O)N3C(=O)[C@H]([C@@H](C)O)[C@H]3[C@H]2C)CN1C(=O)OCC=C. The summed E-state index contributed by atoms with van der Waals surface area (Å²) in [5.41, 5.74) is -0.0474. The van der Waals surface area contributed by atoms with Crippen LogP contribution < -0.4 is 0 Å². The Bertz CT molecular complexity index is 1040. The summed E-state index contributed by atoms with van der Waals surface area (Å²) in [6.45, 7) is 11.2. The zero-order valence-corrected chi connectivity index (χ0v) is 22.6. The van der Waals surface area contributed by atoms with Crippen LogP contribution in [0.25, 0.3) is 0 Å². The van der Waals surface area contributed by atoms with E-state index in [1.807, 2.05) is 13.0 Å². The van der Waals surface area contributed by atoms with Crippen LogP contribution in [0.4, 0.5) is 9.59 Å². The number of β-lactam (4-membered cyclic amide) rings is 1. The molecule has 0 aromatic carbocycles. The third kappa shape index (κ3) is 5.91. The highest BCUT2D eigenvalue weighted by atomic mass is 32.2. The van der Waals surface area contributed by atoms with Crippen molar-refractivity contribution in [1.29, 1.82) is 0 Å². The van der Waals surface area contributed by atoms with Crippen molar-refractivity contribution in [3.05, 3.63) is 48.1 Å². The molecule has 0 radical (unpaired) electrons. The van der Waals surface area contributed by atoms with E-state index in [0.717, 1.165) is 0 Å². The molecule has 3 heterocycles. The van der Waals surface area contributed by atoms with Gasteiger partial charge in [-0.15, -0.1) is 11.8 Å². The van der Waals surface area contributed by atoms with E-state index in [1.54, 1.807) is 18.0 Å². The molecule has 2 fully saturated rings. The van der Waals surface area contributed by atoms with Gasteiger partial charge in [-0.3, -0.25) is 4.79 Å². The second kappa shape index (κ2) is 12.5. The Labute approximate surface area is 226 Å². The van der Waals surface area contributed by atoms with Crippen molar-refractivity contribution < 1.29 is 38.9 Å². The van der Waals surface area contributed by atoms with Gasteiger partial charge in [0, 0.05) is 36.2 Å². The number of carboxylic acids is 1. The summed E-state index contributed by atoms with van der Waals surface area (Å²) in [6, 6.07) is -0.755. The molecule has 0 aromatic rings. The number of hydrogen-bond acceptors (Lipinski definition) is 8. The first-order valence-electron chi connectivity index (χ1n) is 12.4. The Morgan fingerprint density at radius 3 is 2.50 bits per heavy atom. The van der Waals surface area contributed by atoms with Crippen LogP contribution in [0.1, 0.15) is 20.3 Å². The molecule has 0 spiro atoms. The number of likely N-dealkylation sites (tertiary alicyclic amines) is 1. The second-order valence-electron chi connectivity index (χ2n) is 9.51. The molecule has 3 aliphatic heterocycles. The van der Waals surface area contributed by atoms with E-state index < -0.39 is 36.2 Å². The summed E-state index contributed by atoms with van der Waals surface area (Å²) in [5, 5.41) is 19.8. The normalized spacial score (nSPS) is 27.2. The number of rotatable bonds is 11. The molecule has 0 bridgehead atoms. The predicted molar refractivity (Wildman–Crippen MR) is 141 cm³/mol. The molecular weight excluding hydrogens is 514 g/mol. The largest absolute Gasteiger partial charge is 0.477 e. The lowest BCUT2D eigenvalue weighted by atomic mass is 9.79. The number of aliphatic carboxylic acids is 1. The second-order valence-corrected chi connectivity index (χ2v) is 10.8. The smallest absolute Gasteiger partial charge is 0.410 e. The Morgan fingerprint density at radius 1 is 1.24 bits per heavy atom. The molecular formula is C26H35N3O8S. The van der Waals surface area contributed by atoms with Gasteiger partial charge < -0.3 is 34.4 Å². The lowest BCUT2D eigenvalue weighted by molar-refractivity contribution is -0.163. The maximum atomic E-state index is 12.8. The maximum Gasteiger partial charge on any atom is 0.410 e. The van der Waals surface area contributed by atoms with Gasteiger partial charge in [0.15, 0.2) is 0 Å². The topological polar surface area (TPSA) is 137 Å². The van der Waals surface area contributed by atoms with E-state index >= 15 is 0 Å². The van der Waals surface area contributed by atoms with Crippen molar-refractivity contribution in [2.75, 3.05) is 33.4 Å². The van der Waals surface area contributed by atoms with Crippen LogP contribution in [-0.4, -0.2) is 106 Å². The number of ether oxygens (including phenoxy) is 2. The van der Waals surface area contributed by atoms with Crippen LogP contribution in [0.2, 0.25) is 0 Å². The minimum Gasteiger partial charge on any atom is -0.477 e. The molecule has 0 aromatic heterocycles. The van der Waals surface area contributed by atoms with Gasteiger partial charge in [-0.2, -0.15) is 0 Å². The van der Waals surface area contributed by atoms with Crippen molar-refractivity contribution in [2.45, 2.75) is 43.7 Å². The lowest BCUT2D eigenvalue weighted by Gasteiger charge is -2.46. The van der Waals surface area contributed by atoms with Crippen LogP contribution in [0.3, 0.4) is 0 Å². The first-order valence-corrected chi connectivity index (χ1v) is 13.3. The van der Waals surface area contributed by atoms with Crippen LogP contribution >= 0.6 is 11.8 Å². The summed E-state index contributed by atoms with van der Waals surface area (Å²) >= 11 is 1.35. The van der Waals surface area contributed by atoms with Gasteiger partial charge in [0.1, 0.15) is 18.9 Å². The number of nitrogens with zero attached hydrogens (tertiary/aromatic N) is 3. The molecule has 0 unspecified atom stereocenters. The number of likely N-dealkylation sites (N-methyl/N-ethyl adjacent to an activating group) is 1. The third-order valence-corrected chi connectivity index (χ3v) is 8.34. The highest BCUT2D eigenvalue weighted by Gasteiger charge is 2.60. The number of carbonyl (C=O) groups is 4. The first-order chi connectivity index (χ1) is 18.0. The Balaban J connectivity index is 1.76. The molecule has 2 saturated heterocycles. The fourth-order valence-corrected chi connectivity index (χ4v) is 6.61. The molecule has 3 amide bonds. The highest BCUT2D eigenvalue weighted by Crippen LogP contribution is 2.52. The average molecular weight is 550 g/mol. The summed E-state index contributed by atoms with van der Waals surface area (Å²) in [4.78, 5) is 54.3. The number of hydrogen-bond donors (Lipinski definition) is 2.